The van der Waals surface area contributed by atoms with Crippen LogP contribution in [0.15, 0.2) is 174 Å². The first kappa shape index (κ1) is 29.1. The minimum atomic E-state index is -0.271. The highest BCUT2D eigenvalue weighted by Crippen LogP contribution is 2.41. The number of furan rings is 1. The predicted molar refractivity (Wildman–Crippen MR) is 195 cm³/mol. The van der Waals surface area contributed by atoms with Crippen LogP contribution in [-0.2, 0) is 0 Å². The van der Waals surface area contributed by atoms with Crippen molar-refractivity contribution in [2.75, 3.05) is 16.9 Å². The minimum Gasteiger partial charge on any atom is -0.497 e. The maximum absolute atomic E-state index is 13.8. The van der Waals surface area contributed by atoms with Gasteiger partial charge < -0.3 is 19.0 Å². The Morgan fingerprint density at radius 2 is 1.06 bits per heavy atom. The van der Waals surface area contributed by atoms with Crippen molar-refractivity contribution < 1.29 is 13.5 Å². The molecule has 1 heterocycles. The Balaban J connectivity index is 1.15. The number of anilines is 6. The zero-order chi connectivity index (χ0) is 32.5. The number of ether oxygens (including phenoxy) is 1. The van der Waals surface area contributed by atoms with Gasteiger partial charge in [0.1, 0.15) is 17.1 Å². The van der Waals surface area contributed by atoms with Crippen LogP contribution in [0.4, 0.5) is 38.5 Å². The van der Waals surface area contributed by atoms with Crippen LogP contribution in [0.25, 0.3) is 32.9 Å². The fourth-order valence-corrected chi connectivity index (χ4v) is 6.29. The molecule has 8 rings (SSSR count). The molecule has 0 amide bonds. The van der Waals surface area contributed by atoms with E-state index in [1.54, 1.807) is 25.5 Å². The summed E-state index contributed by atoms with van der Waals surface area (Å²) in [5, 5.41) is 3.42. The van der Waals surface area contributed by atoms with E-state index in [1.165, 1.54) is 22.9 Å². The molecule has 0 bridgehead atoms. The number of nitrogens with zero attached hydrogens (tertiary/aromatic N) is 2. The lowest BCUT2D eigenvalue weighted by molar-refractivity contribution is 0.415. The summed E-state index contributed by atoms with van der Waals surface area (Å²) < 4.78 is 25.0. The Labute approximate surface area is 278 Å². The normalized spacial score (nSPS) is 11.1. The molecule has 5 heteroatoms. The fraction of sp³-hybridized carbons (Fsp3) is 0.0233. The Morgan fingerprint density at radius 1 is 0.500 bits per heavy atom. The molecule has 0 atom stereocenters. The van der Waals surface area contributed by atoms with Gasteiger partial charge >= 0.3 is 0 Å². The van der Waals surface area contributed by atoms with Crippen LogP contribution in [0.2, 0.25) is 0 Å². The second-order valence-electron chi connectivity index (χ2n) is 11.6. The van der Waals surface area contributed by atoms with Gasteiger partial charge in [0, 0.05) is 45.3 Å². The van der Waals surface area contributed by atoms with Crippen LogP contribution in [0.1, 0.15) is 0 Å². The lowest BCUT2D eigenvalue weighted by Gasteiger charge is -2.27. The molecule has 8 aromatic rings. The van der Waals surface area contributed by atoms with E-state index in [0.29, 0.717) is 0 Å². The zero-order valence-electron chi connectivity index (χ0n) is 26.3. The van der Waals surface area contributed by atoms with Gasteiger partial charge in [-0.3, -0.25) is 0 Å². The third kappa shape index (κ3) is 5.52. The van der Waals surface area contributed by atoms with Crippen LogP contribution in [0.5, 0.6) is 5.75 Å². The SMILES string of the molecule is COc1ccc(N(c2ccc(F)cc2)c2ccc(-c3ccc(N(c4ccc5ccoc5c4)c4cccc5ccccc45)cc3)cc2)cc1. The molecule has 0 saturated carbocycles. The van der Waals surface area contributed by atoms with Gasteiger partial charge in [-0.2, -0.15) is 0 Å². The summed E-state index contributed by atoms with van der Waals surface area (Å²) in [5.41, 5.74) is 8.96. The fourth-order valence-electron chi connectivity index (χ4n) is 6.29. The van der Waals surface area contributed by atoms with Crippen LogP contribution >= 0.6 is 0 Å². The Kier molecular flexibility index (Phi) is 7.55. The van der Waals surface area contributed by atoms with Gasteiger partial charge in [0.15, 0.2) is 0 Å². The second-order valence-corrected chi connectivity index (χ2v) is 11.6. The molecule has 7 aromatic carbocycles. The number of benzene rings is 7. The van der Waals surface area contributed by atoms with Crippen molar-refractivity contribution in [3.05, 3.63) is 176 Å². The average Bonchev–Trinajstić information content (AvgIpc) is 3.62. The van der Waals surface area contributed by atoms with Crippen molar-refractivity contribution in [1.29, 1.82) is 0 Å². The van der Waals surface area contributed by atoms with Crippen molar-refractivity contribution >= 4 is 55.9 Å². The molecule has 0 unspecified atom stereocenters. The molecule has 232 valence electrons. The van der Waals surface area contributed by atoms with E-state index < -0.39 is 0 Å². The van der Waals surface area contributed by atoms with Gasteiger partial charge in [0.05, 0.1) is 19.1 Å². The highest BCUT2D eigenvalue weighted by molar-refractivity contribution is 5.99. The van der Waals surface area contributed by atoms with Crippen molar-refractivity contribution in [3.63, 3.8) is 0 Å². The van der Waals surface area contributed by atoms with E-state index in [9.17, 15) is 4.39 Å². The molecule has 0 spiro atoms. The third-order valence-electron chi connectivity index (χ3n) is 8.71. The molecule has 0 aliphatic heterocycles. The molecular formula is C43H31FN2O2. The highest BCUT2D eigenvalue weighted by Gasteiger charge is 2.17. The summed E-state index contributed by atoms with van der Waals surface area (Å²) in [6.45, 7) is 0. The number of methoxy groups -OCH3 is 1. The van der Waals surface area contributed by atoms with E-state index in [0.717, 1.165) is 62.0 Å². The molecule has 4 nitrogen and oxygen atoms in total. The Bertz CT molecular complexity index is 2320. The van der Waals surface area contributed by atoms with Crippen molar-refractivity contribution in [2.45, 2.75) is 0 Å². The first-order valence-electron chi connectivity index (χ1n) is 15.8. The number of hydrogen-bond donors (Lipinski definition) is 0. The summed E-state index contributed by atoms with van der Waals surface area (Å²) in [4.78, 5) is 4.39. The second kappa shape index (κ2) is 12.5. The molecule has 0 N–H and O–H groups in total. The molecule has 0 radical (unpaired) electrons. The molecule has 1 aromatic heterocycles. The number of rotatable bonds is 8. The Hall–Kier alpha value is -6.33. The minimum absolute atomic E-state index is 0.271. The lowest BCUT2D eigenvalue weighted by Crippen LogP contribution is -2.10. The average molecular weight is 627 g/mol. The largest absolute Gasteiger partial charge is 0.497 e. The summed E-state index contributed by atoms with van der Waals surface area (Å²) in [5.74, 6) is 0.505. The van der Waals surface area contributed by atoms with Crippen LogP contribution in [0.3, 0.4) is 0 Å². The van der Waals surface area contributed by atoms with E-state index in [2.05, 4.69) is 119 Å². The molecule has 0 saturated heterocycles. The summed E-state index contributed by atoms with van der Waals surface area (Å²) >= 11 is 0. The summed E-state index contributed by atoms with van der Waals surface area (Å²) in [6.07, 6.45) is 1.73. The van der Waals surface area contributed by atoms with Gasteiger partial charge in [-0.25, -0.2) is 4.39 Å². The lowest BCUT2D eigenvalue weighted by atomic mass is 10.0. The summed E-state index contributed by atoms with van der Waals surface area (Å²) in [7, 11) is 1.65. The number of hydrogen-bond acceptors (Lipinski definition) is 4. The molecular weight excluding hydrogens is 595 g/mol. The summed E-state index contributed by atoms with van der Waals surface area (Å²) in [6, 6.07) is 54.7. The van der Waals surface area contributed by atoms with Gasteiger partial charge in [0.25, 0.3) is 0 Å². The van der Waals surface area contributed by atoms with Gasteiger partial charge in [-0.15, -0.1) is 0 Å². The maximum atomic E-state index is 13.8. The van der Waals surface area contributed by atoms with Crippen molar-refractivity contribution in [2.24, 2.45) is 0 Å². The molecule has 48 heavy (non-hydrogen) atoms. The first-order valence-corrected chi connectivity index (χ1v) is 15.8. The first-order chi connectivity index (χ1) is 23.6. The Morgan fingerprint density at radius 3 is 1.73 bits per heavy atom. The smallest absolute Gasteiger partial charge is 0.135 e. The zero-order valence-corrected chi connectivity index (χ0v) is 26.3. The van der Waals surface area contributed by atoms with Crippen LogP contribution in [0, 0.1) is 5.82 Å². The van der Waals surface area contributed by atoms with Gasteiger partial charge in [-0.05, 0) is 114 Å². The van der Waals surface area contributed by atoms with Crippen molar-refractivity contribution in [3.8, 4) is 16.9 Å². The van der Waals surface area contributed by atoms with Gasteiger partial charge in [-0.1, -0.05) is 60.7 Å². The van der Waals surface area contributed by atoms with E-state index in [4.69, 9.17) is 9.15 Å². The standard InChI is InChI=1S/C43H31FN2O2/c1-47-40-25-23-37(24-26-40)45(36-21-14-34(44)15-22-36)35-16-9-30(10-17-35)31-11-18-38(19-12-31)46(39-20-13-33-27-28-48-43(33)29-39)42-8-4-6-32-5-2-3-7-41(32)42/h2-29H,1H3. The number of halogens is 1. The van der Waals surface area contributed by atoms with Crippen LogP contribution < -0.4 is 14.5 Å². The van der Waals surface area contributed by atoms with Crippen LogP contribution in [-0.4, -0.2) is 7.11 Å². The van der Waals surface area contributed by atoms with E-state index in [-0.39, 0.29) is 5.82 Å². The monoisotopic (exact) mass is 626 g/mol. The maximum Gasteiger partial charge on any atom is 0.135 e. The third-order valence-corrected chi connectivity index (χ3v) is 8.71. The van der Waals surface area contributed by atoms with Gasteiger partial charge in [0.2, 0.25) is 0 Å². The molecule has 0 aliphatic carbocycles. The molecule has 0 aliphatic rings. The number of fused-ring (bicyclic) bond motifs is 2. The highest BCUT2D eigenvalue weighted by atomic mass is 19.1. The predicted octanol–water partition coefficient (Wildman–Crippen LogP) is 12.3. The topological polar surface area (TPSA) is 28.9 Å². The molecule has 0 fully saturated rings. The quantitative estimate of drug-likeness (QED) is 0.168. The van der Waals surface area contributed by atoms with E-state index >= 15 is 0 Å². The van der Waals surface area contributed by atoms with Crippen molar-refractivity contribution in [1.82, 2.24) is 0 Å². The van der Waals surface area contributed by atoms with E-state index in [1.807, 2.05) is 30.3 Å².